The molecule has 27 heavy (non-hydrogen) atoms. The molecule has 4 fully saturated rings. The molecule has 1 amide bonds. The van der Waals surface area contributed by atoms with Crippen LogP contribution in [0.25, 0.3) is 10.9 Å². The Morgan fingerprint density at radius 3 is 2.70 bits per heavy atom. The maximum Gasteiger partial charge on any atom is 0.223 e. The Bertz CT molecular complexity index is 904. The largest absolute Gasteiger partial charge is 0.390 e. The number of halogens is 1. The van der Waals surface area contributed by atoms with Crippen LogP contribution < -0.4 is 0 Å². The molecule has 3 atom stereocenters. The zero-order valence-electron chi connectivity index (χ0n) is 16.0. The summed E-state index contributed by atoms with van der Waals surface area (Å²) < 4.78 is 0. The molecule has 1 aromatic heterocycles. The van der Waals surface area contributed by atoms with Gasteiger partial charge in [0.15, 0.2) is 0 Å². The fourth-order valence-corrected chi connectivity index (χ4v) is 6.60. The van der Waals surface area contributed by atoms with E-state index in [2.05, 4.69) is 23.7 Å². The average Bonchev–Trinajstić information content (AvgIpc) is 2.96. The van der Waals surface area contributed by atoms with Gasteiger partial charge in [-0.05, 0) is 74.1 Å². The summed E-state index contributed by atoms with van der Waals surface area (Å²) in [5.74, 6) is 1.00. The van der Waals surface area contributed by atoms with Crippen molar-refractivity contribution in [1.29, 1.82) is 0 Å². The molecular formula is C22H27ClN2O2. The molecule has 0 radical (unpaired) electrons. The van der Waals surface area contributed by atoms with Crippen molar-refractivity contribution in [2.45, 2.75) is 76.0 Å². The number of fused-ring (bicyclic) bond motifs is 1. The van der Waals surface area contributed by atoms with Crippen LogP contribution in [-0.4, -0.2) is 38.6 Å². The predicted octanol–water partition coefficient (Wildman–Crippen LogP) is 4.53. The summed E-state index contributed by atoms with van der Waals surface area (Å²) >= 11 is 6.18. The number of hydrogen-bond acceptors (Lipinski definition) is 2. The molecule has 4 nitrogen and oxygen atoms in total. The van der Waals surface area contributed by atoms with Gasteiger partial charge < -0.3 is 15.0 Å². The van der Waals surface area contributed by atoms with E-state index in [1.807, 2.05) is 18.3 Å². The van der Waals surface area contributed by atoms with Crippen molar-refractivity contribution in [2.24, 2.45) is 5.92 Å². The Morgan fingerprint density at radius 1 is 1.33 bits per heavy atom. The van der Waals surface area contributed by atoms with Crippen molar-refractivity contribution in [3.8, 4) is 0 Å². The summed E-state index contributed by atoms with van der Waals surface area (Å²) in [6, 6.07) is 4.41. The Morgan fingerprint density at radius 2 is 2.04 bits per heavy atom. The van der Waals surface area contributed by atoms with Gasteiger partial charge in [0.1, 0.15) is 0 Å². The molecule has 2 N–H and O–H groups in total. The van der Waals surface area contributed by atoms with Gasteiger partial charge in [-0.2, -0.15) is 0 Å². The molecule has 4 aliphatic rings. The molecule has 0 spiro atoms. The molecule has 5 heteroatoms. The standard InChI is InChI=1S/C22H27ClN2O2/c1-12(18-11-24-19-7-15(23)3-13(2)21(18)19)4-20(26)25-16-5-14-6-17(25)10-22(27,8-14)9-16/h3,7,11-12,14,16-17,24,27H,4-6,8-10H2,1-2H3. The summed E-state index contributed by atoms with van der Waals surface area (Å²) in [7, 11) is 0. The molecular weight excluding hydrogens is 360 g/mol. The SMILES string of the molecule is Cc1cc(Cl)cc2[nH]cc(C(C)CC(=O)N3C4CC5CC3CC(O)(C5)C4)c12. The van der Waals surface area contributed by atoms with Crippen molar-refractivity contribution in [2.75, 3.05) is 0 Å². The molecule has 3 unspecified atom stereocenters. The summed E-state index contributed by atoms with van der Waals surface area (Å²) in [5, 5.41) is 12.7. The van der Waals surface area contributed by atoms with Gasteiger partial charge in [-0.1, -0.05) is 18.5 Å². The quantitative estimate of drug-likeness (QED) is 0.814. The van der Waals surface area contributed by atoms with Gasteiger partial charge in [-0.15, -0.1) is 0 Å². The summed E-state index contributed by atoms with van der Waals surface area (Å²) in [6.07, 6.45) is 7.17. The lowest BCUT2D eigenvalue weighted by Crippen LogP contribution is -2.65. The van der Waals surface area contributed by atoms with Crippen molar-refractivity contribution in [3.05, 3.63) is 34.5 Å². The van der Waals surface area contributed by atoms with E-state index >= 15 is 0 Å². The van der Waals surface area contributed by atoms with Crippen molar-refractivity contribution < 1.29 is 9.90 Å². The number of amides is 1. The van der Waals surface area contributed by atoms with E-state index in [4.69, 9.17) is 11.6 Å². The lowest BCUT2D eigenvalue weighted by molar-refractivity contribution is -0.174. The number of nitrogens with one attached hydrogen (secondary N) is 1. The van der Waals surface area contributed by atoms with Crippen LogP contribution in [0.1, 0.15) is 62.5 Å². The van der Waals surface area contributed by atoms with Crippen LogP contribution >= 0.6 is 11.6 Å². The first-order valence-electron chi connectivity index (χ1n) is 10.1. The van der Waals surface area contributed by atoms with Gasteiger partial charge in [0.05, 0.1) is 5.60 Å². The molecule has 6 rings (SSSR count). The zero-order valence-corrected chi connectivity index (χ0v) is 16.7. The third-order valence-electron chi connectivity index (χ3n) is 7.17. The summed E-state index contributed by atoms with van der Waals surface area (Å²) in [4.78, 5) is 18.7. The Balaban J connectivity index is 1.37. The highest BCUT2D eigenvalue weighted by molar-refractivity contribution is 6.31. The fraction of sp³-hybridized carbons (Fsp3) is 0.591. The zero-order chi connectivity index (χ0) is 18.9. The molecule has 2 aromatic rings. The molecule has 2 aliphatic carbocycles. The molecule has 1 aromatic carbocycles. The van der Waals surface area contributed by atoms with Gasteiger partial charge >= 0.3 is 0 Å². The van der Waals surface area contributed by atoms with Crippen molar-refractivity contribution in [3.63, 3.8) is 0 Å². The number of H-pyrrole nitrogens is 1. The first-order chi connectivity index (χ1) is 12.8. The highest BCUT2D eigenvalue weighted by Gasteiger charge is 2.54. The van der Waals surface area contributed by atoms with E-state index in [0.717, 1.165) is 48.2 Å². The van der Waals surface area contributed by atoms with E-state index in [1.165, 1.54) is 10.9 Å². The molecule has 2 saturated heterocycles. The first-order valence-corrected chi connectivity index (χ1v) is 10.5. The van der Waals surface area contributed by atoms with E-state index in [9.17, 15) is 9.90 Å². The minimum Gasteiger partial charge on any atom is -0.390 e. The number of aromatic amines is 1. The highest BCUT2D eigenvalue weighted by Crippen LogP contribution is 2.51. The number of aryl methyl sites for hydroxylation is 1. The highest BCUT2D eigenvalue weighted by atomic mass is 35.5. The molecule has 4 bridgehead atoms. The summed E-state index contributed by atoms with van der Waals surface area (Å²) in [5.41, 5.74) is 2.86. The molecule has 3 heterocycles. The van der Waals surface area contributed by atoms with Gasteiger partial charge in [0, 0.05) is 40.6 Å². The number of piperidine rings is 2. The van der Waals surface area contributed by atoms with Crippen LogP contribution in [0.5, 0.6) is 0 Å². The number of carbonyl (C=O) groups excluding carboxylic acids is 1. The lowest BCUT2D eigenvalue weighted by Gasteiger charge is -2.59. The van der Waals surface area contributed by atoms with Crippen molar-refractivity contribution >= 4 is 28.4 Å². The number of aromatic nitrogens is 1. The van der Waals surface area contributed by atoms with Gasteiger partial charge in [0.2, 0.25) is 5.91 Å². The number of nitrogens with zero attached hydrogens (tertiary/aromatic N) is 1. The van der Waals surface area contributed by atoms with E-state index in [1.54, 1.807) is 0 Å². The van der Waals surface area contributed by atoms with Gasteiger partial charge in [-0.3, -0.25) is 4.79 Å². The maximum absolute atomic E-state index is 13.2. The third kappa shape index (κ3) is 2.80. The Labute approximate surface area is 164 Å². The molecule has 144 valence electrons. The van der Waals surface area contributed by atoms with E-state index in [-0.39, 0.29) is 23.9 Å². The van der Waals surface area contributed by atoms with E-state index in [0.29, 0.717) is 12.3 Å². The Kier molecular flexibility index (Phi) is 3.90. The monoisotopic (exact) mass is 386 g/mol. The van der Waals surface area contributed by atoms with Gasteiger partial charge in [-0.25, -0.2) is 0 Å². The van der Waals surface area contributed by atoms with Crippen molar-refractivity contribution in [1.82, 2.24) is 9.88 Å². The topological polar surface area (TPSA) is 56.3 Å². The van der Waals surface area contributed by atoms with E-state index < -0.39 is 5.60 Å². The first kappa shape index (κ1) is 17.6. The number of hydrogen-bond donors (Lipinski definition) is 2. The number of carbonyl (C=O) groups is 1. The minimum absolute atomic E-state index is 0.145. The second kappa shape index (κ2) is 5.99. The molecule has 2 aliphatic heterocycles. The molecule has 2 saturated carbocycles. The maximum atomic E-state index is 13.2. The summed E-state index contributed by atoms with van der Waals surface area (Å²) in [6.45, 7) is 4.21. The van der Waals surface area contributed by atoms with Crippen LogP contribution in [0.2, 0.25) is 5.02 Å². The van der Waals surface area contributed by atoms with Crippen LogP contribution in [0.15, 0.2) is 18.3 Å². The van der Waals surface area contributed by atoms with Gasteiger partial charge in [0.25, 0.3) is 0 Å². The number of rotatable bonds is 3. The second-order valence-electron chi connectivity index (χ2n) is 9.28. The minimum atomic E-state index is -0.508. The third-order valence-corrected chi connectivity index (χ3v) is 7.39. The number of benzene rings is 1. The van der Waals surface area contributed by atoms with Crippen LogP contribution in [0, 0.1) is 12.8 Å². The average molecular weight is 387 g/mol. The Hall–Kier alpha value is -1.52. The lowest BCUT2D eigenvalue weighted by atomic mass is 9.61. The fourth-order valence-electron chi connectivity index (χ4n) is 6.33. The normalized spacial score (nSPS) is 33.0. The smallest absolute Gasteiger partial charge is 0.223 e. The second-order valence-corrected chi connectivity index (χ2v) is 9.71. The van der Waals surface area contributed by atoms with Crippen LogP contribution in [0.3, 0.4) is 0 Å². The van der Waals surface area contributed by atoms with Crippen LogP contribution in [0.4, 0.5) is 0 Å². The van der Waals surface area contributed by atoms with Crippen LogP contribution in [-0.2, 0) is 4.79 Å². The number of aliphatic hydroxyl groups is 1. The predicted molar refractivity (Wildman–Crippen MR) is 107 cm³/mol.